The first-order valence-electron chi connectivity index (χ1n) is 5.46. The lowest BCUT2D eigenvalue weighted by molar-refractivity contribution is 0.288. The zero-order chi connectivity index (χ0) is 10.5. The van der Waals surface area contributed by atoms with Crippen LogP contribution in [0.4, 0.5) is 0 Å². The van der Waals surface area contributed by atoms with Gasteiger partial charge in [-0.1, -0.05) is 12.1 Å². The van der Waals surface area contributed by atoms with E-state index < -0.39 is 0 Å². The molecule has 15 heavy (non-hydrogen) atoms. The average Bonchev–Trinajstić information content (AvgIpc) is 2.29. The molecule has 0 saturated heterocycles. The summed E-state index contributed by atoms with van der Waals surface area (Å²) in [4.78, 5) is 0. The molecule has 1 aliphatic heterocycles. The van der Waals surface area contributed by atoms with Gasteiger partial charge in [0.1, 0.15) is 5.75 Å². The number of rotatable bonds is 4. The highest BCUT2D eigenvalue weighted by atomic mass is 32.1. The highest BCUT2D eigenvalue weighted by Gasteiger charge is 2.09. The number of ether oxygens (including phenoxy) is 1. The van der Waals surface area contributed by atoms with Crippen LogP contribution in [-0.2, 0) is 13.0 Å². The summed E-state index contributed by atoms with van der Waals surface area (Å²) in [6.45, 7) is 2.74. The number of fused-ring (bicyclic) bond motifs is 1. The van der Waals surface area contributed by atoms with Crippen LogP contribution >= 0.6 is 12.6 Å². The van der Waals surface area contributed by atoms with Crippen molar-refractivity contribution >= 4 is 12.6 Å². The van der Waals surface area contributed by atoms with Crippen LogP contribution in [0.1, 0.15) is 17.5 Å². The number of thiol groups is 1. The van der Waals surface area contributed by atoms with Crippen molar-refractivity contribution in [3.8, 4) is 5.75 Å². The quantitative estimate of drug-likeness (QED) is 0.602. The van der Waals surface area contributed by atoms with Gasteiger partial charge in [0, 0.05) is 18.8 Å². The minimum Gasteiger partial charge on any atom is -0.493 e. The molecule has 0 unspecified atom stereocenters. The van der Waals surface area contributed by atoms with Crippen molar-refractivity contribution in [1.82, 2.24) is 5.32 Å². The maximum absolute atomic E-state index is 5.57. The summed E-state index contributed by atoms with van der Waals surface area (Å²) in [7, 11) is 0. The summed E-state index contributed by atoms with van der Waals surface area (Å²) >= 11 is 4.16. The van der Waals surface area contributed by atoms with E-state index in [9.17, 15) is 0 Å². The first kappa shape index (κ1) is 10.8. The van der Waals surface area contributed by atoms with Gasteiger partial charge in [-0.05, 0) is 30.0 Å². The van der Waals surface area contributed by atoms with Crippen molar-refractivity contribution in [3.63, 3.8) is 0 Å². The zero-order valence-corrected chi connectivity index (χ0v) is 9.72. The van der Waals surface area contributed by atoms with Gasteiger partial charge in [0.25, 0.3) is 0 Å². The van der Waals surface area contributed by atoms with Crippen LogP contribution in [0, 0.1) is 0 Å². The van der Waals surface area contributed by atoms with E-state index >= 15 is 0 Å². The van der Waals surface area contributed by atoms with Gasteiger partial charge in [-0.25, -0.2) is 0 Å². The Bertz CT molecular complexity index is 327. The smallest absolute Gasteiger partial charge is 0.122 e. The van der Waals surface area contributed by atoms with E-state index in [-0.39, 0.29) is 0 Å². The second-order valence-corrected chi connectivity index (χ2v) is 4.24. The van der Waals surface area contributed by atoms with Crippen LogP contribution < -0.4 is 10.1 Å². The Kier molecular flexibility index (Phi) is 3.92. The third-order valence-electron chi connectivity index (χ3n) is 2.59. The normalized spacial score (nSPS) is 14.5. The summed E-state index contributed by atoms with van der Waals surface area (Å²) in [5, 5.41) is 3.34. The Morgan fingerprint density at radius 1 is 1.40 bits per heavy atom. The van der Waals surface area contributed by atoms with E-state index in [1.165, 1.54) is 11.1 Å². The largest absolute Gasteiger partial charge is 0.493 e. The monoisotopic (exact) mass is 223 g/mol. The lowest BCUT2D eigenvalue weighted by Crippen LogP contribution is -2.16. The number of hydrogen-bond acceptors (Lipinski definition) is 3. The van der Waals surface area contributed by atoms with Gasteiger partial charge in [0.2, 0.25) is 0 Å². The fraction of sp³-hybridized carbons (Fsp3) is 0.500. The molecule has 0 saturated carbocycles. The fourth-order valence-corrected chi connectivity index (χ4v) is 1.99. The van der Waals surface area contributed by atoms with Crippen LogP contribution in [0.25, 0.3) is 0 Å². The molecule has 0 bridgehead atoms. The molecule has 1 aliphatic rings. The highest BCUT2D eigenvalue weighted by Crippen LogP contribution is 2.25. The van der Waals surface area contributed by atoms with Crippen molar-refractivity contribution in [3.05, 3.63) is 29.3 Å². The number of nitrogens with one attached hydrogen (secondary N) is 1. The molecule has 0 aliphatic carbocycles. The van der Waals surface area contributed by atoms with Crippen molar-refractivity contribution in [1.29, 1.82) is 0 Å². The SMILES string of the molecule is SCCNCc1ccc2c(c1)CCCO2. The Hall–Kier alpha value is -0.670. The van der Waals surface area contributed by atoms with Gasteiger partial charge in [-0.15, -0.1) is 0 Å². The summed E-state index contributed by atoms with van der Waals surface area (Å²) in [5.74, 6) is 1.95. The topological polar surface area (TPSA) is 21.3 Å². The van der Waals surface area contributed by atoms with E-state index in [1.807, 2.05) is 0 Å². The summed E-state index contributed by atoms with van der Waals surface area (Å²) in [5.41, 5.74) is 2.69. The Balaban J connectivity index is 2.00. The van der Waals surface area contributed by atoms with Crippen LogP contribution in [0.3, 0.4) is 0 Å². The van der Waals surface area contributed by atoms with Crippen LogP contribution in [0.15, 0.2) is 18.2 Å². The van der Waals surface area contributed by atoms with E-state index in [0.29, 0.717) is 0 Å². The minimum absolute atomic E-state index is 0.865. The molecule has 1 heterocycles. The molecule has 0 atom stereocenters. The highest BCUT2D eigenvalue weighted by molar-refractivity contribution is 7.80. The summed E-state index contributed by atoms with van der Waals surface area (Å²) in [6, 6.07) is 6.47. The number of hydrogen-bond donors (Lipinski definition) is 2. The van der Waals surface area contributed by atoms with Gasteiger partial charge >= 0.3 is 0 Å². The maximum atomic E-state index is 5.57. The third-order valence-corrected chi connectivity index (χ3v) is 2.81. The molecule has 1 N–H and O–H groups in total. The van der Waals surface area contributed by atoms with E-state index in [4.69, 9.17) is 4.74 Å². The van der Waals surface area contributed by atoms with Gasteiger partial charge in [0.15, 0.2) is 0 Å². The molecule has 1 aromatic rings. The molecule has 0 radical (unpaired) electrons. The van der Waals surface area contributed by atoms with E-state index in [2.05, 4.69) is 36.1 Å². The van der Waals surface area contributed by atoms with Gasteiger partial charge < -0.3 is 10.1 Å². The lowest BCUT2D eigenvalue weighted by Gasteiger charge is -2.17. The average molecular weight is 223 g/mol. The Morgan fingerprint density at radius 3 is 3.20 bits per heavy atom. The first-order chi connectivity index (χ1) is 7.40. The van der Waals surface area contributed by atoms with Gasteiger partial charge in [-0.2, -0.15) is 12.6 Å². The molecule has 82 valence electrons. The van der Waals surface area contributed by atoms with E-state index in [0.717, 1.165) is 44.0 Å². The molecule has 1 aromatic carbocycles. The molecule has 0 fully saturated rings. The summed E-state index contributed by atoms with van der Waals surface area (Å²) < 4.78 is 5.57. The van der Waals surface area contributed by atoms with Gasteiger partial charge in [0.05, 0.1) is 6.61 Å². The molecule has 0 spiro atoms. The predicted octanol–water partition coefficient (Wildman–Crippen LogP) is 2.03. The van der Waals surface area contributed by atoms with Crippen LogP contribution in [0.5, 0.6) is 5.75 Å². The number of benzene rings is 1. The standard InChI is InChI=1S/C12H17NOS/c15-7-5-13-9-10-3-4-12-11(8-10)2-1-6-14-12/h3-4,8,13,15H,1-2,5-7,9H2. The van der Waals surface area contributed by atoms with Gasteiger partial charge in [-0.3, -0.25) is 0 Å². The number of aryl methyl sites for hydroxylation is 1. The lowest BCUT2D eigenvalue weighted by atomic mass is 10.0. The predicted molar refractivity (Wildman–Crippen MR) is 65.8 cm³/mol. The zero-order valence-electron chi connectivity index (χ0n) is 8.83. The maximum Gasteiger partial charge on any atom is 0.122 e. The molecule has 0 aromatic heterocycles. The third kappa shape index (κ3) is 2.89. The van der Waals surface area contributed by atoms with Crippen LogP contribution in [0.2, 0.25) is 0 Å². The van der Waals surface area contributed by atoms with Crippen LogP contribution in [-0.4, -0.2) is 18.9 Å². The summed E-state index contributed by atoms with van der Waals surface area (Å²) in [6.07, 6.45) is 2.29. The molecular formula is C12H17NOS. The fourth-order valence-electron chi connectivity index (χ4n) is 1.84. The molecule has 2 nitrogen and oxygen atoms in total. The first-order valence-corrected chi connectivity index (χ1v) is 6.09. The van der Waals surface area contributed by atoms with Crippen molar-refractivity contribution in [2.24, 2.45) is 0 Å². The second kappa shape index (κ2) is 5.42. The molecule has 0 amide bonds. The van der Waals surface area contributed by atoms with Crippen molar-refractivity contribution in [2.45, 2.75) is 19.4 Å². The Labute approximate surface area is 96.4 Å². The molecule has 3 heteroatoms. The van der Waals surface area contributed by atoms with Crippen molar-refractivity contribution in [2.75, 3.05) is 18.9 Å². The minimum atomic E-state index is 0.865. The second-order valence-electron chi connectivity index (χ2n) is 3.79. The molecule has 2 rings (SSSR count). The van der Waals surface area contributed by atoms with Crippen molar-refractivity contribution < 1.29 is 4.74 Å². The Morgan fingerprint density at radius 2 is 2.33 bits per heavy atom. The van der Waals surface area contributed by atoms with E-state index in [1.54, 1.807) is 0 Å². The molecular weight excluding hydrogens is 206 g/mol.